The van der Waals surface area contributed by atoms with Gasteiger partial charge in [0.1, 0.15) is 11.8 Å². The minimum Gasteiger partial charge on any atom is -0.494 e. The Balaban J connectivity index is 1.76. The predicted molar refractivity (Wildman–Crippen MR) is 97.9 cm³/mol. The summed E-state index contributed by atoms with van der Waals surface area (Å²) in [6.07, 6.45) is 1.91. The molecule has 4 nitrogen and oxygen atoms in total. The van der Waals surface area contributed by atoms with Crippen LogP contribution in [-0.4, -0.2) is 17.1 Å². The molecule has 3 aromatic rings. The van der Waals surface area contributed by atoms with Crippen molar-refractivity contribution in [1.29, 1.82) is 0 Å². The molecular weight excluding hydrogens is 324 g/mol. The molecule has 1 heterocycles. The summed E-state index contributed by atoms with van der Waals surface area (Å²) in [4.78, 5) is 12.5. The van der Waals surface area contributed by atoms with E-state index in [9.17, 15) is 4.79 Å². The summed E-state index contributed by atoms with van der Waals surface area (Å²) >= 11 is 6.01. The van der Waals surface area contributed by atoms with E-state index < -0.39 is 0 Å². The number of carbonyl (C=O) groups is 1. The molecule has 1 atom stereocenters. The maximum atomic E-state index is 12.5. The zero-order chi connectivity index (χ0) is 17.1. The maximum absolute atomic E-state index is 12.5. The van der Waals surface area contributed by atoms with Crippen LogP contribution in [0.25, 0.3) is 10.9 Å². The molecular formula is C19H19ClN2O2. The molecule has 24 heavy (non-hydrogen) atoms. The van der Waals surface area contributed by atoms with Gasteiger partial charge in [-0.1, -0.05) is 11.6 Å². The number of fused-ring (bicyclic) bond motifs is 1. The number of carbonyl (C=O) groups excluding carboxylic acids is 1. The fourth-order valence-corrected chi connectivity index (χ4v) is 2.83. The number of ether oxygens (including phenoxy) is 1. The van der Waals surface area contributed by atoms with Gasteiger partial charge in [-0.05, 0) is 62.4 Å². The monoisotopic (exact) mass is 342 g/mol. The molecule has 0 aliphatic rings. The Kier molecular flexibility index (Phi) is 4.76. The zero-order valence-corrected chi connectivity index (χ0v) is 14.4. The highest BCUT2D eigenvalue weighted by Gasteiger charge is 2.16. The second kappa shape index (κ2) is 6.97. The average molecular weight is 343 g/mol. The van der Waals surface area contributed by atoms with Gasteiger partial charge >= 0.3 is 0 Å². The van der Waals surface area contributed by atoms with Crippen LogP contribution in [0.5, 0.6) is 5.75 Å². The van der Waals surface area contributed by atoms with Gasteiger partial charge in [-0.25, -0.2) is 0 Å². The number of amides is 1. The Hall–Kier alpha value is -2.46. The number of benzene rings is 2. The van der Waals surface area contributed by atoms with E-state index in [1.165, 1.54) is 0 Å². The lowest BCUT2D eigenvalue weighted by Crippen LogP contribution is -2.23. The number of nitrogens with one attached hydrogen (secondary N) is 1. The summed E-state index contributed by atoms with van der Waals surface area (Å²) in [5.74, 6) is 0.712. The van der Waals surface area contributed by atoms with Gasteiger partial charge in [0.2, 0.25) is 5.91 Å². The highest BCUT2D eigenvalue weighted by molar-refractivity contribution is 6.31. The maximum Gasteiger partial charge on any atom is 0.247 e. The van der Waals surface area contributed by atoms with Crippen LogP contribution in [0.4, 0.5) is 5.69 Å². The van der Waals surface area contributed by atoms with E-state index in [4.69, 9.17) is 16.3 Å². The normalized spacial score (nSPS) is 12.1. The van der Waals surface area contributed by atoms with Gasteiger partial charge in [0, 0.05) is 27.8 Å². The number of anilines is 1. The molecule has 0 bridgehead atoms. The number of hydrogen-bond donors (Lipinski definition) is 1. The van der Waals surface area contributed by atoms with Crippen molar-refractivity contribution in [3.05, 3.63) is 59.8 Å². The van der Waals surface area contributed by atoms with Gasteiger partial charge in [0.25, 0.3) is 0 Å². The number of hydrogen-bond acceptors (Lipinski definition) is 2. The van der Waals surface area contributed by atoms with Crippen LogP contribution in [0.3, 0.4) is 0 Å². The van der Waals surface area contributed by atoms with Crippen molar-refractivity contribution in [2.45, 2.75) is 19.9 Å². The second-order valence-corrected chi connectivity index (χ2v) is 5.99. The lowest BCUT2D eigenvalue weighted by molar-refractivity contribution is -0.118. The van der Waals surface area contributed by atoms with Crippen molar-refractivity contribution in [2.24, 2.45) is 0 Å². The first kappa shape index (κ1) is 16.4. The topological polar surface area (TPSA) is 43.3 Å². The number of aromatic nitrogens is 1. The van der Waals surface area contributed by atoms with Crippen molar-refractivity contribution >= 4 is 34.1 Å². The van der Waals surface area contributed by atoms with Gasteiger partial charge in [-0.3, -0.25) is 4.79 Å². The molecule has 0 fully saturated rings. The van der Waals surface area contributed by atoms with Crippen LogP contribution in [0.1, 0.15) is 19.9 Å². The van der Waals surface area contributed by atoms with Gasteiger partial charge in [0.15, 0.2) is 0 Å². The molecule has 5 heteroatoms. The summed E-state index contributed by atoms with van der Waals surface area (Å²) < 4.78 is 7.34. The lowest BCUT2D eigenvalue weighted by atomic mass is 10.2. The van der Waals surface area contributed by atoms with E-state index in [2.05, 4.69) is 5.32 Å². The molecule has 0 saturated carbocycles. The first-order valence-corrected chi connectivity index (χ1v) is 8.26. The standard InChI is InChI=1S/C19H19ClN2O2/c1-3-24-17-7-5-16(6-8-17)21-19(23)13(2)22-11-10-14-12-15(20)4-9-18(14)22/h4-13H,3H2,1-2H3,(H,21,23). The van der Waals surface area contributed by atoms with E-state index >= 15 is 0 Å². The number of nitrogens with zero attached hydrogens (tertiary/aromatic N) is 1. The van der Waals surface area contributed by atoms with Crippen molar-refractivity contribution in [1.82, 2.24) is 4.57 Å². The fraction of sp³-hybridized carbons (Fsp3) is 0.211. The van der Waals surface area contributed by atoms with Crippen LogP contribution >= 0.6 is 11.6 Å². The highest BCUT2D eigenvalue weighted by atomic mass is 35.5. The molecule has 0 spiro atoms. The van der Waals surface area contributed by atoms with E-state index in [1.54, 1.807) is 0 Å². The smallest absolute Gasteiger partial charge is 0.247 e. The Labute approximate surface area is 146 Å². The molecule has 1 aromatic heterocycles. The first-order valence-electron chi connectivity index (χ1n) is 7.88. The summed E-state index contributed by atoms with van der Waals surface area (Å²) in [5, 5.41) is 4.64. The van der Waals surface area contributed by atoms with Crippen LogP contribution in [-0.2, 0) is 4.79 Å². The molecule has 2 aromatic carbocycles. The lowest BCUT2D eigenvalue weighted by Gasteiger charge is -2.15. The molecule has 3 rings (SSSR count). The Morgan fingerprint density at radius 1 is 1.21 bits per heavy atom. The number of rotatable bonds is 5. The fourth-order valence-electron chi connectivity index (χ4n) is 2.65. The molecule has 1 amide bonds. The Morgan fingerprint density at radius 3 is 2.67 bits per heavy atom. The van der Waals surface area contributed by atoms with Crippen LogP contribution < -0.4 is 10.1 Å². The molecule has 1 unspecified atom stereocenters. The SMILES string of the molecule is CCOc1ccc(NC(=O)C(C)n2ccc3cc(Cl)ccc32)cc1. The molecule has 0 aliphatic heterocycles. The molecule has 1 N–H and O–H groups in total. The van der Waals surface area contributed by atoms with E-state index in [1.807, 2.05) is 73.1 Å². The third-order valence-corrected chi connectivity index (χ3v) is 4.15. The van der Waals surface area contributed by atoms with Crippen molar-refractivity contribution in [2.75, 3.05) is 11.9 Å². The Bertz CT molecular complexity index is 855. The largest absolute Gasteiger partial charge is 0.494 e. The molecule has 124 valence electrons. The molecule has 0 radical (unpaired) electrons. The van der Waals surface area contributed by atoms with Gasteiger partial charge < -0.3 is 14.6 Å². The van der Waals surface area contributed by atoms with Gasteiger partial charge in [-0.15, -0.1) is 0 Å². The quantitative estimate of drug-likeness (QED) is 0.717. The minimum atomic E-state index is -0.338. The predicted octanol–water partition coefficient (Wildman–Crippen LogP) is 4.89. The summed E-state index contributed by atoms with van der Waals surface area (Å²) in [6.45, 7) is 4.43. The minimum absolute atomic E-state index is 0.0772. The Morgan fingerprint density at radius 2 is 1.96 bits per heavy atom. The van der Waals surface area contributed by atoms with Gasteiger partial charge in [0.05, 0.1) is 6.61 Å². The van der Waals surface area contributed by atoms with Crippen molar-refractivity contribution in [3.8, 4) is 5.75 Å². The zero-order valence-electron chi connectivity index (χ0n) is 13.6. The van der Waals surface area contributed by atoms with Gasteiger partial charge in [-0.2, -0.15) is 0 Å². The molecule has 0 aliphatic carbocycles. The van der Waals surface area contributed by atoms with E-state index in [-0.39, 0.29) is 11.9 Å². The number of halogens is 1. The summed E-state index contributed by atoms with van der Waals surface area (Å²) in [6, 6.07) is 14.6. The van der Waals surface area contributed by atoms with Crippen LogP contribution in [0.15, 0.2) is 54.7 Å². The third-order valence-electron chi connectivity index (χ3n) is 3.91. The highest BCUT2D eigenvalue weighted by Crippen LogP contribution is 2.24. The van der Waals surface area contributed by atoms with E-state index in [0.29, 0.717) is 11.6 Å². The van der Waals surface area contributed by atoms with Crippen LogP contribution in [0, 0.1) is 0 Å². The second-order valence-electron chi connectivity index (χ2n) is 5.55. The summed E-state index contributed by atoms with van der Waals surface area (Å²) in [7, 11) is 0. The van der Waals surface area contributed by atoms with Crippen LogP contribution in [0.2, 0.25) is 5.02 Å². The first-order chi connectivity index (χ1) is 11.6. The average Bonchev–Trinajstić information content (AvgIpc) is 2.99. The summed E-state index contributed by atoms with van der Waals surface area (Å²) in [5.41, 5.74) is 1.73. The van der Waals surface area contributed by atoms with E-state index in [0.717, 1.165) is 22.3 Å². The van der Waals surface area contributed by atoms with Crippen molar-refractivity contribution < 1.29 is 9.53 Å². The van der Waals surface area contributed by atoms with Crippen molar-refractivity contribution in [3.63, 3.8) is 0 Å². The molecule has 0 saturated heterocycles. The third kappa shape index (κ3) is 3.39.